The van der Waals surface area contributed by atoms with Crippen molar-refractivity contribution in [3.63, 3.8) is 0 Å². The third-order valence-corrected chi connectivity index (χ3v) is 7.07. The number of halogens is 1. The average Bonchev–Trinajstić information content (AvgIpc) is 3.64. The lowest BCUT2D eigenvalue weighted by Crippen LogP contribution is -2.44. The van der Waals surface area contributed by atoms with Gasteiger partial charge >= 0.3 is 0 Å². The molecule has 196 valence electrons. The van der Waals surface area contributed by atoms with E-state index in [0.717, 1.165) is 38.5 Å². The van der Waals surface area contributed by atoms with Crippen LogP contribution in [0.4, 0.5) is 4.39 Å². The maximum Gasteiger partial charge on any atom is 0.255 e. The zero-order valence-electron chi connectivity index (χ0n) is 21.1. The fourth-order valence-corrected chi connectivity index (χ4v) is 4.95. The molecular weight excluding hydrogens is 477 g/mol. The Hall–Kier alpha value is -3.53. The molecule has 0 atom stereocenters. The highest BCUT2D eigenvalue weighted by molar-refractivity contribution is 6.09. The largest absolute Gasteiger partial charge is 0.492 e. The number of rotatable bonds is 9. The Morgan fingerprint density at radius 2 is 1.81 bits per heavy atom. The van der Waals surface area contributed by atoms with Crippen LogP contribution in [0.15, 0.2) is 24.5 Å². The van der Waals surface area contributed by atoms with Gasteiger partial charge in [0.15, 0.2) is 0 Å². The second kappa shape index (κ2) is 10.8. The molecule has 0 unspecified atom stereocenters. The number of benzene rings is 1. The van der Waals surface area contributed by atoms with Gasteiger partial charge in [-0.05, 0) is 63.5 Å². The summed E-state index contributed by atoms with van der Waals surface area (Å²) in [5.41, 5.74) is 3.48. The first kappa shape index (κ1) is 25.1. The van der Waals surface area contributed by atoms with Gasteiger partial charge in [-0.1, -0.05) is 0 Å². The first-order valence-electron chi connectivity index (χ1n) is 12.8. The summed E-state index contributed by atoms with van der Waals surface area (Å²) in [5.74, 6) is 0.239. The Bertz CT molecular complexity index is 1300. The van der Waals surface area contributed by atoms with E-state index in [4.69, 9.17) is 9.47 Å². The zero-order chi connectivity index (χ0) is 25.9. The van der Waals surface area contributed by atoms with Gasteiger partial charge in [-0.3, -0.25) is 9.59 Å². The Morgan fingerprint density at radius 3 is 2.51 bits per heavy atom. The molecule has 2 aliphatic carbocycles. The predicted molar refractivity (Wildman–Crippen MR) is 136 cm³/mol. The summed E-state index contributed by atoms with van der Waals surface area (Å²) in [4.78, 5) is 37.3. The Kier molecular flexibility index (Phi) is 7.36. The van der Waals surface area contributed by atoms with Gasteiger partial charge < -0.3 is 25.1 Å². The molecule has 0 saturated heterocycles. The number of ether oxygens (including phenoxy) is 2. The van der Waals surface area contributed by atoms with Crippen LogP contribution in [0.3, 0.4) is 0 Å². The van der Waals surface area contributed by atoms with Crippen LogP contribution in [0.2, 0.25) is 0 Å². The molecule has 3 aromatic rings. The first-order chi connectivity index (χ1) is 17.9. The number of carbonyl (C=O) groups is 2. The highest BCUT2D eigenvalue weighted by Crippen LogP contribution is 2.36. The van der Waals surface area contributed by atoms with Crippen LogP contribution in [0.1, 0.15) is 54.6 Å². The number of methoxy groups -OCH3 is 1. The van der Waals surface area contributed by atoms with Gasteiger partial charge in [-0.15, -0.1) is 0 Å². The number of nitrogens with one attached hydrogen (secondary N) is 3. The van der Waals surface area contributed by atoms with Crippen molar-refractivity contribution in [2.75, 3.05) is 20.3 Å². The molecule has 0 bridgehead atoms. The molecule has 2 heterocycles. The number of hydrogen-bond donors (Lipinski definition) is 3. The van der Waals surface area contributed by atoms with Crippen molar-refractivity contribution in [1.29, 1.82) is 0 Å². The number of carbonyl (C=O) groups excluding carboxylic acids is 2. The highest BCUT2D eigenvalue weighted by atomic mass is 19.1. The van der Waals surface area contributed by atoms with Crippen molar-refractivity contribution in [2.45, 2.75) is 57.5 Å². The van der Waals surface area contributed by atoms with E-state index in [1.807, 2.05) is 6.92 Å². The number of amides is 2. The Morgan fingerprint density at radius 1 is 1.08 bits per heavy atom. The first-order valence-corrected chi connectivity index (χ1v) is 12.8. The fourth-order valence-electron chi connectivity index (χ4n) is 4.95. The monoisotopic (exact) mass is 509 g/mol. The average molecular weight is 510 g/mol. The third-order valence-electron chi connectivity index (χ3n) is 7.07. The van der Waals surface area contributed by atoms with Crippen LogP contribution >= 0.6 is 0 Å². The molecule has 2 aliphatic rings. The molecule has 5 rings (SSSR count). The number of fused-ring (bicyclic) bond motifs is 1. The van der Waals surface area contributed by atoms with Crippen LogP contribution < -0.4 is 15.4 Å². The molecule has 3 N–H and O–H groups in total. The SMILES string of the molecule is COCC(=O)N[C@H]1CC[C@@H](NC(=O)c2c(C)[nH]c3c(-c4ccc(F)cc4OCC4CC4)ncnc23)CC1. The molecule has 0 radical (unpaired) electrons. The van der Waals surface area contributed by atoms with Crippen molar-refractivity contribution < 1.29 is 23.5 Å². The summed E-state index contributed by atoms with van der Waals surface area (Å²) < 4.78 is 24.9. The fraction of sp³-hybridized carbons (Fsp3) is 0.481. The summed E-state index contributed by atoms with van der Waals surface area (Å²) >= 11 is 0. The van der Waals surface area contributed by atoms with E-state index in [1.165, 1.54) is 25.6 Å². The zero-order valence-corrected chi connectivity index (χ0v) is 21.1. The van der Waals surface area contributed by atoms with Crippen LogP contribution in [0, 0.1) is 18.7 Å². The number of aromatic nitrogens is 3. The van der Waals surface area contributed by atoms with Crippen molar-refractivity contribution in [1.82, 2.24) is 25.6 Å². The summed E-state index contributed by atoms with van der Waals surface area (Å²) in [6.45, 7) is 2.42. The summed E-state index contributed by atoms with van der Waals surface area (Å²) in [6, 6.07) is 4.51. The molecule has 2 fully saturated rings. The molecule has 1 aromatic carbocycles. The van der Waals surface area contributed by atoms with Gasteiger partial charge in [0.1, 0.15) is 35.7 Å². The van der Waals surface area contributed by atoms with Gasteiger partial charge in [0.05, 0.1) is 17.7 Å². The van der Waals surface area contributed by atoms with Gasteiger partial charge in [0.25, 0.3) is 5.91 Å². The van der Waals surface area contributed by atoms with Crippen LogP contribution in [-0.2, 0) is 9.53 Å². The molecule has 2 amide bonds. The minimum absolute atomic E-state index is 0.00765. The smallest absolute Gasteiger partial charge is 0.255 e. The molecule has 2 aromatic heterocycles. The van der Waals surface area contributed by atoms with Crippen molar-refractivity contribution in [3.05, 3.63) is 41.6 Å². The van der Waals surface area contributed by atoms with E-state index in [0.29, 0.717) is 51.8 Å². The molecule has 10 heteroatoms. The molecular formula is C27H32FN5O4. The standard InChI is InChI=1S/C27H32FN5O4/c1-15-23(27(35)33-19-8-6-18(7-9-19)32-22(34)13-36-2)25-26(31-15)24(29-14-30-25)20-10-5-17(28)11-21(20)37-12-16-3-4-16/h5,10-11,14,16,18-19,31H,3-4,6-9,12-13H2,1-2H3,(H,32,34)(H,33,35)/t18-,19+. The van der Waals surface area contributed by atoms with E-state index in [-0.39, 0.29) is 36.3 Å². The van der Waals surface area contributed by atoms with Gasteiger partial charge in [-0.2, -0.15) is 0 Å². The molecule has 9 nitrogen and oxygen atoms in total. The van der Waals surface area contributed by atoms with E-state index >= 15 is 0 Å². The highest BCUT2D eigenvalue weighted by Gasteiger charge is 2.27. The summed E-state index contributed by atoms with van der Waals surface area (Å²) in [6.07, 6.45) is 6.78. The number of aromatic amines is 1. The van der Waals surface area contributed by atoms with Gasteiger partial charge in [-0.25, -0.2) is 14.4 Å². The van der Waals surface area contributed by atoms with E-state index < -0.39 is 0 Å². The molecule has 2 saturated carbocycles. The third kappa shape index (κ3) is 5.74. The normalized spacial score (nSPS) is 19.5. The maximum atomic E-state index is 14.0. The Balaban J connectivity index is 1.33. The Labute approximate surface area is 214 Å². The number of aryl methyl sites for hydroxylation is 1. The number of H-pyrrole nitrogens is 1. The molecule has 0 aliphatic heterocycles. The summed E-state index contributed by atoms with van der Waals surface area (Å²) in [5, 5.41) is 6.11. The van der Waals surface area contributed by atoms with Crippen molar-refractivity contribution >= 4 is 22.8 Å². The quantitative estimate of drug-likeness (QED) is 0.405. The summed E-state index contributed by atoms with van der Waals surface area (Å²) in [7, 11) is 1.49. The van der Waals surface area contributed by atoms with Crippen molar-refractivity contribution in [3.8, 4) is 17.0 Å². The topological polar surface area (TPSA) is 118 Å². The van der Waals surface area contributed by atoms with Crippen LogP contribution in [-0.4, -0.2) is 59.2 Å². The minimum atomic E-state index is -0.379. The number of hydrogen-bond acceptors (Lipinski definition) is 6. The lowest BCUT2D eigenvalue weighted by Gasteiger charge is -2.29. The molecule has 0 spiro atoms. The molecule has 37 heavy (non-hydrogen) atoms. The van der Waals surface area contributed by atoms with Gasteiger partial charge in [0, 0.05) is 36.5 Å². The second-order valence-corrected chi connectivity index (χ2v) is 9.99. The van der Waals surface area contributed by atoms with Gasteiger partial charge in [0.2, 0.25) is 5.91 Å². The predicted octanol–water partition coefficient (Wildman–Crippen LogP) is 3.66. The van der Waals surface area contributed by atoms with E-state index in [2.05, 4.69) is 25.6 Å². The minimum Gasteiger partial charge on any atom is -0.492 e. The van der Waals surface area contributed by atoms with Crippen molar-refractivity contribution in [2.24, 2.45) is 5.92 Å². The van der Waals surface area contributed by atoms with E-state index in [9.17, 15) is 14.0 Å². The number of nitrogens with zero attached hydrogens (tertiary/aromatic N) is 2. The maximum absolute atomic E-state index is 14.0. The lowest BCUT2D eigenvalue weighted by molar-refractivity contribution is -0.125. The van der Waals surface area contributed by atoms with E-state index in [1.54, 1.807) is 6.07 Å². The van der Waals surface area contributed by atoms with Crippen LogP contribution in [0.5, 0.6) is 5.75 Å². The van der Waals surface area contributed by atoms with Crippen LogP contribution in [0.25, 0.3) is 22.3 Å². The second-order valence-electron chi connectivity index (χ2n) is 9.99. The lowest BCUT2D eigenvalue weighted by atomic mass is 9.91.